The van der Waals surface area contributed by atoms with Crippen molar-refractivity contribution in [2.75, 3.05) is 13.1 Å². The number of aryl methyl sites for hydroxylation is 1. The summed E-state index contributed by atoms with van der Waals surface area (Å²) in [6.07, 6.45) is 0.387. The zero-order valence-electron chi connectivity index (χ0n) is 10.2. The zero-order chi connectivity index (χ0) is 12.3. The minimum absolute atomic E-state index is 0.172. The van der Waals surface area contributed by atoms with Crippen molar-refractivity contribution in [2.45, 2.75) is 13.3 Å². The van der Waals surface area contributed by atoms with Gasteiger partial charge in [-0.3, -0.25) is 4.79 Å². The second-order valence-electron chi connectivity index (χ2n) is 4.07. The summed E-state index contributed by atoms with van der Waals surface area (Å²) >= 11 is 0. The van der Waals surface area contributed by atoms with Gasteiger partial charge in [-0.1, -0.05) is 19.1 Å². The van der Waals surface area contributed by atoms with E-state index in [-0.39, 0.29) is 5.78 Å². The molecule has 0 atom stereocenters. The Morgan fingerprint density at radius 1 is 1.41 bits per heavy atom. The quantitative estimate of drug-likeness (QED) is 0.843. The smallest absolute Gasteiger partial charge is 0.154 e. The molecule has 0 aliphatic heterocycles. The van der Waals surface area contributed by atoms with Crippen LogP contribution in [0.15, 0.2) is 24.3 Å². The molecule has 4 nitrogen and oxygen atoms in total. The number of ketones is 1. The van der Waals surface area contributed by atoms with E-state index in [1.54, 1.807) is 0 Å². The van der Waals surface area contributed by atoms with E-state index in [9.17, 15) is 4.79 Å². The molecule has 0 bridgehead atoms. The molecule has 0 fully saturated rings. The third kappa shape index (κ3) is 2.53. The van der Waals surface area contributed by atoms with Crippen molar-refractivity contribution in [3.63, 3.8) is 0 Å². The Balaban J connectivity index is 2.19. The van der Waals surface area contributed by atoms with Crippen LogP contribution in [0.2, 0.25) is 0 Å². The van der Waals surface area contributed by atoms with Crippen LogP contribution in [0, 0.1) is 0 Å². The first-order valence-electron chi connectivity index (χ1n) is 5.85. The van der Waals surface area contributed by atoms with Gasteiger partial charge in [-0.2, -0.15) is 0 Å². The molecule has 0 unspecified atom stereocenters. The van der Waals surface area contributed by atoms with Crippen molar-refractivity contribution < 1.29 is 4.79 Å². The van der Waals surface area contributed by atoms with E-state index in [0.717, 1.165) is 23.4 Å². The fourth-order valence-electron chi connectivity index (χ4n) is 1.86. The second-order valence-corrected chi connectivity index (χ2v) is 4.07. The first-order chi connectivity index (χ1) is 8.22. The fraction of sp³-hybridized carbons (Fsp3) is 0.385. The molecule has 0 saturated heterocycles. The van der Waals surface area contributed by atoms with Gasteiger partial charge in [0.25, 0.3) is 0 Å². The van der Waals surface area contributed by atoms with E-state index in [4.69, 9.17) is 0 Å². The van der Waals surface area contributed by atoms with Gasteiger partial charge in [0, 0.05) is 7.05 Å². The molecule has 0 aliphatic rings. The number of nitrogens with zero attached hydrogens (tertiary/aromatic N) is 2. The third-order valence-electron chi connectivity index (χ3n) is 2.81. The molecule has 1 heterocycles. The molecule has 0 aliphatic carbocycles. The Hall–Kier alpha value is -1.68. The number of Topliss-reactive ketones (excluding diaryl/α,β-unsaturated/α-hetero) is 1. The predicted octanol–water partition coefficient (Wildman–Crippen LogP) is 1.29. The highest BCUT2D eigenvalue weighted by atomic mass is 16.1. The van der Waals surface area contributed by atoms with Gasteiger partial charge in [0.2, 0.25) is 0 Å². The maximum Gasteiger partial charge on any atom is 0.154 e. The van der Waals surface area contributed by atoms with Crippen molar-refractivity contribution in [2.24, 2.45) is 7.05 Å². The molecule has 90 valence electrons. The number of fused-ring (bicyclic) bond motifs is 1. The summed E-state index contributed by atoms with van der Waals surface area (Å²) < 4.78 is 1.99. The Bertz CT molecular complexity index is 530. The lowest BCUT2D eigenvalue weighted by molar-refractivity contribution is -0.117. The standard InChI is InChI=1S/C13H17N3O/c1-3-14-9-10(17)8-13-15-11-6-4-5-7-12(11)16(13)2/h4-7,14H,3,8-9H2,1-2H3. The van der Waals surface area contributed by atoms with E-state index < -0.39 is 0 Å². The molecule has 17 heavy (non-hydrogen) atoms. The summed E-state index contributed by atoms with van der Waals surface area (Å²) in [7, 11) is 1.95. The van der Waals surface area contributed by atoms with Gasteiger partial charge in [0.15, 0.2) is 5.78 Å². The Morgan fingerprint density at radius 2 is 2.18 bits per heavy atom. The SMILES string of the molecule is CCNCC(=O)Cc1nc2ccccc2n1C. The Kier molecular flexibility index (Phi) is 3.54. The molecule has 1 N–H and O–H groups in total. The van der Waals surface area contributed by atoms with E-state index in [1.165, 1.54) is 0 Å². The summed E-state index contributed by atoms with van der Waals surface area (Å²) in [5.41, 5.74) is 2.01. The molecule has 0 saturated carbocycles. The maximum atomic E-state index is 11.7. The average molecular weight is 231 g/mol. The van der Waals surface area contributed by atoms with E-state index in [0.29, 0.717) is 13.0 Å². The molecule has 2 rings (SSSR count). The number of hydrogen-bond donors (Lipinski definition) is 1. The van der Waals surface area contributed by atoms with Crippen molar-refractivity contribution >= 4 is 16.8 Å². The monoisotopic (exact) mass is 231 g/mol. The molecule has 4 heteroatoms. The van der Waals surface area contributed by atoms with Crippen molar-refractivity contribution in [1.82, 2.24) is 14.9 Å². The number of nitrogens with one attached hydrogen (secondary N) is 1. The van der Waals surface area contributed by atoms with Crippen LogP contribution < -0.4 is 5.32 Å². The lowest BCUT2D eigenvalue weighted by atomic mass is 10.2. The van der Waals surface area contributed by atoms with Crippen LogP contribution in [-0.4, -0.2) is 28.4 Å². The van der Waals surface area contributed by atoms with Gasteiger partial charge >= 0.3 is 0 Å². The summed E-state index contributed by atoms with van der Waals surface area (Å²) in [5.74, 6) is 0.999. The number of hydrogen-bond acceptors (Lipinski definition) is 3. The molecular formula is C13H17N3O. The molecular weight excluding hydrogens is 214 g/mol. The number of rotatable bonds is 5. The van der Waals surface area contributed by atoms with Crippen LogP contribution in [0.25, 0.3) is 11.0 Å². The second kappa shape index (κ2) is 5.10. The zero-order valence-corrected chi connectivity index (χ0v) is 10.2. The highest BCUT2D eigenvalue weighted by Gasteiger charge is 2.10. The fourth-order valence-corrected chi connectivity index (χ4v) is 1.86. The number of benzene rings is 1. The lowest BCUT2D eigenvalue weighted by Gasteiger charge is -2.02. The number of carbonyl (C=O) groups excluding carboxylic acids is 1. The first-order valence-corrected chi connectivity index (χ1v) is 5.85. The minimum Gasteiger partial charge on any atom is -0.331 e. The Labute approximate surface area is 101 Å². The van der Waals surface area contributed by atoms with Crippen LogP contribution in [0.4, 0.5) is 0 Å². The maximum absolute atomic E-state index is 11.7. The minimum atomic E-state index is 0.172. The van der Waals surface area contributed by atoms with Crippen LogP contribution in [0.1, 0.15) is 12.7 Å². The number of carbonyl (C=O) groups is 1. The van der Waals surface area contributed by atoms with Gasteiger partial charge in [-0.25, -0.2) is 4.98 Å². The van der Waals surface area contributed by atoms with Gasteiger partial charge in [-0.05, 0) is 18.7 Å². The van der Waals surface area contributed by atoms with Gasteiger partial charge in [-0.15, -0.1) is 0 Å². The van der Waals surface area contributed by atoms with E-state index >= 15 is 0 Å². The molecule has 2 aromatic rings. The van der Waals surface area contributed by atoms with E-state index in [2.05, 4.69) is 10.3 Å². The number of likely N-dealkylation sites (N-methyl/N-ethyl adjacent to an activating group) is 1. The summed E-state index contributed by atoms with van der Waals surface area (Å²) in [6.45, 7) is 3.22. The van der Waals surface area contributed by atoms with Gasteiger partial charge in [0.05, 0.1) is 24.0 Å². The van der Waals surface area contributed by atoms with Gasteiger partial charge in [0.1, 0.15) is 5.82 Å². The van der Waals surface area contributed by atoms with Crippen LogP contribution in [-0.2, 0) is 18.3 Å². The van der Waals surface area contributed by atoms with Crippen LogP contribution in [0.3, 0.4) is 0 Å². The highest BCUT2D eigenvalue weighted by Crippen LogP contribution is 2.14. The number of para-hydroxylation sites is 2. The number of aromatic nitrogens is 2. The molecule has 1 aromatic carbocycles. The third-order valence-corrected chi connectivity index (χ3v) is 2.81. The van der Waals surface area contributed by atoms with Crippen molar-refractivity contribution in [3.05, 3.63) is 30.1 Å². The lowest BCUT2D eigenvalue weighted by Crippen LogP contribution is -2.24. The molecule has 0 radical (unpaired) electrons. The molecule has 0 amide bonds. The van der Waals surface area contributed by atoms with E-state index in [1.807, 2.05) is 42.8 Å². The van der Waals surface area contributed by atoms with Crippen molar-refractivity contribution in [1.29, 1.82) is 0 Å². The molecule has 0 spiro atoms. The first kappa shape index (κ1) is 11.8. The average Bonchev–Trinajstić information content (AvgIpc) is 2.64. The van der Waals surface area contributed by atoms with Gasteiger partial charge < -0.3 is 9.88 Å². The normalized spacial score (nSPS) is 10.9. The van der Waals surface area contributed by atoms with Crippen LogP contribution >= 0.6 is 0 Å². The Morgan fingerprint density at radius 3 is 2.88 bits per heavy atom. The molecule has 1 aromatic heterocycles. The highest BCUT2D eigenvalue weighted by molar-refractivity contribution is 5.84. The number of imidazole rings is 1. The summed E-state index contributed by atoms with van der Waals surface area (Å²) in [4.78, 5) is 16.2. The summed E-state index contributed by atoms with van der Waals surface area (Å²) in [5, 5.41) is 3.03. The summed E-state index contributed by atoms with van der Waals surface area (Å²) in [6, 6.07) is 7.92. The van der Waals surface area contributed by atoms with Crippen LogP contribution in [0.5, 0.6) is 0 Å². The predicted molar refractivity (Wildman–Crippen MR) is 68.0 cm³/mol. The largest absolute Gasteiger partial charge is 0.331 e. The topological polar surface area (TPSA) is 46.9 Å². The van der Waals surface area contributed by atoms with Crippen molar-refractivity contribution in [3.8, 4) is 0 Å².